The summed E-state index contributed by atoms with van der Waals surface area (Å²) in [5.41, 5.74) is 0. The van der Waals surface area contributed by atoms with Crippen LogP contribution in [0.15, 0.2) is 0 Å². The summed E-state index contributed by atoms with van der Waals surface area (Å²) < 4.78 is 68.4. The molecule has 0 radical (unpaired) electrons. The summed E-state index contributed by atoms with van der Waals surface area (Å²) in [5, 5.41) is 10.6. The van der Waals surface area contributed by atoms with E-state index >= 15 is 0 Å². The van der Waals surface area contributed by atoms with Crippen LogP contribution in [-0.2, 0) is 65.4 Å². The van der Waals surface area contributed by atoms with E-state index in [1.54, 1.807) is 0 Å². The van der Waals surface area contributed by atoms with Crippen molar-refractivity contribution in [3.63, 3.8) is 0 Å². The third-order valence-electron chi connectivity index (χ3n) is 18.6. The Morgan fingerprint density at radius 2 is 0.526 bits per heavy atom. The summed E-state index contributed by atoms with van der Waals surface area (Å²) in [5.74, 6) is -0.440. The maximum atomic E-state index is 13.1. The number of hydrogen-bond acceptors (Lipinski definition) is 15. The van der Waals surface area contributed by atoms with Crippen molar-refractivity contribution >= 4 is 39.5 Å². The van der Waals surface area contributed by atoms with E-state index in [-0.39, 0.29) is 25.7 Å². The van der Waals surface area contributed by atoms with Crippen LogP contribution in [0, 0.1) is 11.8 Å². The summed E-state index contributed by atoms with van der Waals surface area (Å²) in [6.07, 6.45) is 58.4. The molecule has 17 nitrogen and oxygen atoms in total. The second-order valence-corrected chi connectivity index (χ2v) is 31.7. The van der Waals surface area contributed by atoms with Crippen LogP contribution < -0.4 is 0 Å². The van der Waals surface area contributed by atoms with Gasteiger partial charge in [0.1, 0.15) is 19.3 Å². The number of rotatable bonds is 77. The SMILES string of the molecule is CCCCCCCCCCCC(=O)O[C@H](COC(=O)CCCCCCCCCC)COP(=O)(O)OC[C@H](O)COP(=O)(O)OC[C@@H](COC(=O)CCCCCCCCCCCCCCCCCC(C)C)OC(=O)CCCCCCCCCCCCCCCCCCCCC(C)CC. The highest BCUT2D eigenvalue weighted by Crippen LogP contribution is 2.45. The maximum absolute atomic E-state index is 13.1. The second kappa shape index (κ2) is 69.8. The topological polar surface area (TPSA) is 237 Å². The van der Waals surface area contributed by atoms with Gasteiger partial charge in [0.05, 0.1) is 26.4 Å². The van der Waals surface area contributed by atoms with E-state index in [0.29, 0.717) is 25.7 Å². The van der Waals surface area contributed by atoms with Gasteiger partial charge in [0, 0.05) is 25.7 Å². The lowest BCUT2D eigenvalue weighted by molar-refractivity contribution is -0.161. The van der Waals surface area contributed by atoms with Gasteiger partial charge in [0.25, 0.3) is 0 Å². The first-order chi connectivity index (χ1) is 46.9. The summed E-state index contributed by atoms with van der Waals surface area (Å²) >= 11 is 0. The van der Waals surface area contributed by atoms with Crippen molar-refractivity contribution in [1.29, 1.82) is 0 Å². The molecule has 0 bridgehead atoms. The Labute approximate surface area is 594 Å². The van der Waals surface area contributed by atoms with Crippen LogP contribution in [0.4, 0.5) is 0 Å². The molecule has 0 aliphatic carbocycles. The fraction of sp³-hybridized carbons (Fsp3) is 0.949. The van der Waals surface area contributed by atoms with Gasteiger partial charge in [-0.15, -0.1) is 0 Å². The Morgan fingerprint density at radius 3 is 0.784 bits per heavy atom. The minimum atomic E-state index is -4.96. The molecule has 0 fully saturated rings. The van der Waals surface area contributed by atoms with E-state index in [1.165, 1.54) is 218 Å². The number of aliphatic hydroxyl groups is 1. The van der Waals surface area contributed by atoms with Crippen molar-refractivity contribution in [2.45, 2.75) is 426 Å². The quantitative estimate of drug-likeness (QED) is 0.0222. The number of unbranched alkanes of at least 4 members (excludes halogenated alkanes) is 46. The average Bonchev–Trinajstić information content (AvgIpc) is 1.77. The van der Waals surface area contributed by atoms with Gasteiger partial charge in [0.2, 0.25) is 0 Å². The standard InChI is InChI=1S/C78H152O17P2/c1-7-10-12-14-16-35-44-50-56-62-77(82)94-73(66-88-75(80)60-54-48-42-17-15-13-11-8-2)68-92-96(84,85)90-64-72(79)65-91-97(86,87)93-69-74(67-89-76(81)61-55-49-43-38-33-29-26-22-23-27-31-36-40-46-52-58-70(4)5)95-78(83)63-57-51-45-39-34-30-25-21-19-18-20-24-28-32-37-41-47-53-59-71(6)9-3/h70-74,79H,7-69H2,1-6H3,(H,84,85)(H,86,87)/t71?,72-,73+,74+/m0/s1. The Balaban J connectivity index is 5.15. The lowest BCUT2D eigenvalue weighted by Crippen LogP contribution is -2.30. The molecule has 97 heavy (non-hydrogen) atoms. The third kappa shape index (κ3) is 70.9. The minimum absolute atomic E-state index is 0.106. The number of phosphoric ester groups is 2. The summed E-state index contributed by atoms with van der Waals surface area (Å²) in [7, 11) is -9.90. The molecule has 0 aromatic carbocycles. The summed E-state index contributed by atoms with van der Waals surface area (Å²) in [4.78, 5) is 72.7. The molecule has 0 amide bonds. The molecule has 0 saturated carbocycles. The van der Waals surface area contributed by atoms with Gasteiger partial charge in [0.15, 0.2) is 12.2 Å². The van der Waals surface area contributed by atoms with Crippen LogP contribution in [0.3, 0.4) is 0 Å². The van der Waals surface area contributed by atoms with Crippen LogP contribution in [-0.4, -0.2) is 96.7 Å². The first kappa shape index (κ1) is 95.1. The molecule has 576 valence electrons. The van der Waals surface area contributed by atoms with Gasteiger partial charge >= 0.3 is 39.5 Å². The van der Waals surface area contributed by atoms with Crippen molar-refractivity contribution in [2.24, 2.45) is 11.8 Å². The minimum Gasteiger partial charge on any atom is -0.462 e. The molecular weight excluding hydrogens is 1270 g/mol. The van der Waals surface area contributed by atoms with E-state index in [0.717, 1.165) is 108 Å². The van der Waals surface area contributed by atoms with Gasteiger partial charge in [-0.1, -0.05) is 356 Å². The van der Waals surface area contributed by atoms with Crippen molar-refractivity contribution in [2.75, 3.05) is 39.6 Å². The Bertz CT molecular complexity index is 1870. The highest BCUT2D eigenvalue weighted by atomic mass is 31.2. The lowest BCUT2D eigenvalue weighted by atomic mass is 9.99. The number of esters is 4. The van der Waals surface area contributed by atoms with Crippen molar-refractivity contribution in [3.8, 4) is 0 Å². The Kier molecular flexibility index (Phi) is 68.4. The summed E-state index contributed by atoms with van der Waals surface area (Å²) in [6, 6.07) is 0. The van der Waals surface area contributed by atoms with Crippen molar-refractivity contribution in [3.05, 3.63) is 0 Å². The largest absolute Gasteiger partial charge is 0.472 e. The van der Waals surface area contributed by atoms with Gasteiger partial charge in [-0.2, -0.15) is 0 Å². The molecule has 6 atom stereocenters. The van der Waals surface area contributed by atoms with Crippen molar-refractivity contribution < 1.29 is 80.2 Å². The number of aliphatic hydroxyl groups excluding tert-OH is 1. The molecule has 0 aromatic rings. The fourth-order valence-electron chi connectivity index (χ4n) is 12.0. The molecule has 0 heterocycles. The first-order valence-corrected chi connectivity index (χ1v) is 43.5. The third-order valence-corrected chi connectivity index (χ3v) is 20.5. The molecule has 0 aliphatic heterocycles. The predicted octanol–water partition coefficient (Wildman–Crippen LogP) is 23.1. The van der Waals surface area contributed by atoms with Crippen molar-refractivity contribution in [1.82, 2.24) is 0 Å². The molecule has 0 aromatic heterocycles. The molecule has 0 spiro atoms. The molecule has 19 heteroatoms. The van der Waals surface area contributed by atoms with Gasteiger partial charge in [-0.25, -0.2) is 9.13 Å². The van der Waals surface area contributed by atoms with Gasteiger partial charge in [-0.05, 0) is 37.5 Å². The lowest BCUT2D eigenvalue weighted by Gasteiger charge is -2.21. The zero-order valence-corrected chi connectivity index (χ0v) is 65.2. The number of carbonyl (C=O) groups excluding carboxylic acids is 4. The van der Waals surface area contributed by atoms with Crippen LogP contribution in [0.2, 0.25) is 0 Å². The molecule has 0 saturated heterocycles. The van der Waals surface area contributed by atoms with Crippen LogP contribution in [0.1, 0.15) is 408 Å². The van der Waals surface area contributed by atoms with Gasteiger partial charge < -0.3 is 33.8 Å². The normalized spacial score (nSPS) is 14.2. The van der Waals surface area contributed by atoms with Crippen LogP contribution in [0.5, 0.6) is 0 Å². The number of hydrogen-bond donors (Lipinski definition) is 3. The van der Waals surface area contributed by atoms with E-state index in [2.05, 4.69) is 41.5 Å². The van der Waals surface area contributed by atoms with E-state index in [1.807, 2.05) is 0 Å². The molecule has 3 N–H and O–H groups in total. The number of carbonyl (C=O) groups is 4. The van der Waals surface area contributed by atoms with E-state index in [4.69, 9.17) is 37.0 Å². The smallest absolute Gasteiger partial charge is 0.462 e. The molecular formula is C78H152O17P2. The van der Waals surface area contributed by atoms with Crippen LogP contribution in [0.25, 0.3) is 0 Å². The molecule has 0 aliphatic rings. The fourth-order valence-corrected chi connectivity index (χ4v) is 13.6. The first-order valence-electron chi connectivity index (χ1n) is 40.5. The highest BCUT2D eigenvalue weighted by molar-refractivity contribution is 7.47. The zero-order valence-electron chi connectivity index (χ0n) is 63.4. The summed E-state index contributed by atoms with van der Waals surface area (Å²) in [6.45, 7) is 9.66. The number of phosphoric acid groups is 2. The monoisotopic (exact) mass is 1420 g/mol. The second-order valence-electron chi connectivity index (χ2n) is 28.8. The molecule has 3 unspecified atom stereocenters. The zero-order chi connectivity index (χ0) is 71.4. The Hall–Kier alpha value is -1.94. The molecule has 0 rings (SSSR count). The highest BCUT2D eigenvalue weighted by Gasteiger charge is 2.30. The average molecular weight is 1420 g/mol. The predicted molar refractivity (Wildman–Crippen MR) is 395 cm³/mol. The van der Waals surface area contributed by atoms with E-state index in [9.17, 15) is 43.2 Å². The maximum Gasteiger partial charge on any atom is 0.472 e. The Morgan fingerprint density at radius 1 is 0.299 bits per heavy atom. The van der Waals surface area contributed by atoms with Crippen LogP contribution >= 0.6 is 15.6 Å². The van der Waals surface area contributed by atoms with Gasteiger partial charge in [-0.3, -0.25) is 37.3 Å². The van der Waals surface area contributed by atoms with E-state index < -0.39 is 97.5 Å². The number of ether oxygens (including phenoxy) is 4.